The molecule has 2 amide bonds. The van der Waals surface area contributed by atoms with Gasteiger partial charge < -0.3 is 10.2 Å². The number of carbonyl (C=O) groups is 2. The first kappa shape index (κ1) is 23.8. The van der Waals surface area contributed by atoms with E-state index in [0.717, 1.165) is 12.8 Å². The Balaban J connectivity index is 2.29. The fourth-order valence-corrected chi connectivity index (χ4v) is 3.40. The Labute approximate surface area is 181 Å². The number of carbonyl (C=O) groups excluding carboxylic acids is 2. The summed E-state index contributed by atoms with van der Waals surface area (Å²) >= 11 is 6.08. The van der Waals surface area contributed by atoms with E-state index in [0.29, 0.717) is 18.5 Å². The van der Waals surface area contributed by atoms with Crippen LogP contribution in [0.1, 0.15) is 44.2 Å². The van der Waals surface area contributed by atoms with Gasteiger partial charge in [0.05, 0.1) is 6.42 Å². The average Bonchev–Trinajstić information content (AvgIpc) is 2.72. The molecule has 1 atom stereocenters. The summed E-state index contributed by atoms with van der Waals surface area (Å²) in [6, 6.07) is 9.23. The average molecular weight is 437 g/mol. The number of hydrogen-bond donors (Lipinski definition) is 1. The molecule has 30 heavy (non-hydrogen) atoms. The van der Waals surface area contributed by atoms with Crippen molar-refractivity contribution in [1.29, 1.82) is 0 Å². The van der Waals surface area contributed by atoms with Gasteiger partial charge in [-0.15, -0.1) is 0 Å². The Kier molecular flexibility index (Phi) is 9.24. The third-order valence-corrected chi connectivity index (χ3v) is 5.23. The summed E-state index contributed by atoms with van der Waals surface area (Å²) in [4.78, 5) is 27.3. The highest BCUT2D eigenvalue weighted by Gasteiger charge is 2.29. The highest BCUT2D eigenvalue weighted by atomic mass is 35.5. The lowest BCUT2D eigenvalue weighted by atomic mass is 10.1. The number of hydrogen-bond acceptors (Lipinski definition) is 2. The fourth-order valence-electron chi connectivity index (χ4n) is 3.17. The van der Waals surface area contributed by atoms with Crippen LogP contribution in [0.25, 0.3) is 0 Å². The fraction of sp³-hybridized carbons (Fsp3) is 0.391. The molecule has 4 nitrogen and oxygen atoms in total. The van der Waals surface area contributed by atoms with E-state index in [9.17, 15) is 18.4 Å². The molecule has 0 fully saturated rings. The van der Waals surface area contributed by atoms with Gasteiger partial charge in [0, 0.05) is 23.7 Å². The maximum Gasteiger partial charge on any atom is 0.242 e. The molecule has 1 unspecified atom stereocenters. The van der Waals surface area contributed by atoms with Crippen LogP contribution >= 0.6 is 11.6 Å². The largest absolute Gasteiger partial charge is 0.354 e. The summed E-state index contributed by atoms with van der Waals surface area (Å²) in [5.41, 5.74) is 0.763. The Hall–Kier alpha value is -2.47. The van der Waals surface area contributed by atoms with Crippen molar-refractivity contribution in [2.45, 2.75) is 52.1 Å². The van der Waals surface area contributed by atoms with Crippen molar-refractivity contribution in [3.8, 4) is 0 Å². The molecule has 0 aliphatic carbocycles. The van der Waals surface area contributed by atoms with E-state index in [4.69, 9.17) is 11.6 Å². The number of halogens is 3. The molecule has 0 aliphatic heterocycles. The number of rotatable bonds is 10. The zero-order valence-corrected chi connectivity index (χ0v) is 18.0. The van der Waals surface area contributed by atoms with Crippen LogP contribution in [0.4, 0.5) is 8.78 Å². The van der Waals surface area contributed by atoms with Gasteiger partial charge in [0.25, 0.3) is 0 Å². The van der Waals surface area contributed by atoms with Crippen LogP contribution in [0.15, 0.2) is 42.5 Å². The lowest BCUT2D eigenvalue weighted by Crippen LogP contribution is -2.49. The Morgan fingerprint density at radius 1 is 1.10 bits per heavy atom. The molecule has 1 N–H and O–H groups in total. The van der Waals surface area contributed by atoms with E-state index in [1.165, 1.54) is 35.2 Å². The summed E-state index contributed by atoms with van der Waals surface area (Å²) in [7, 11) is 0. The standard InChI is InChI=1S/C23H27ClF2N2O2/c1-3-5-13-27-23(30)21(4-2)28(15-16-9-11-17(25)12-10-16)22(29)14-18-19(24)7-6-8-20(18)26/h6-12,21H,3-5,13-15H2,1-2H3,(H,27,30). The van der Waals surface area contributed by atoms with E-state index < -0.39 is 17.8 Å². The summed E-state index contributed by atoms with van der Waals surface area (Å²) in [6.07, 6.45) is 1.88. The van der Waals surface area contributed by atoms with Gasteiger partial charge in [-0.05, 0) is 42.7 Å². The molecule has 2 aromatic rings. The smallest absolute Gasteiger partial charge is 0.242 e. The second-order valence-corrected chi connectivity index (χ2v) is 7.50. The maximum atomic E-state index is 14.2. The van der Waals surface area contributed by atoms with Crippen molar-refractivity contribution in [2.75, 3.05) is 6.54 Å². The van der Waals surface area contributed by atoms with Crippen LogP contribution in [0.5, 0.6) is 0 Å². The third-order valence-electron chi connectivity index (χ3n) is 4.87. The molecule has 0 radical (unpaired) electrons. The summed E-state index contributed by atoms with van der Waals surface area (Å²) < 4.78 is 27.5. The Morgan fingerprint density at radius 2 is 1.80 bits per heavy atom. The van der Waals surface area contributed by atoms with Crippen LogP contribution in [-0.4, -0.2) is 29.3 Å². The van der Waals surface area contributed by atoms with Crippen molar-refractivity contribution < 1.29 is 18.4 Å². The molecule has 2 aromatic carbocycles. The number of benzene rings is 2. The van der Waals surface area contributed by atoms with E-state index in [2.05, 4.69) is 5.32 Å². The Morgan fingerprint density at radius 3 is 2.40 bits per heavy atom. The topological polar surface area (TPSA) is 49.4 Å². The third kappa shape index (κ3) is 6.52. The number of unbranched alkanes of at least 4 members (excludes halogenated alkanes) is 1. The molecule has 0 saturated heterocycles. The molecule has 162 valence electrons. The van der Waals surface area contributed by atoms with Crippen molar-refractivity contribution in [2.24, 2.45) is 0 Å². The highest BCUT2D eigenvalue weighted by Crippen LogP contribution is 2.22. The summed E-state index contributed by atoms with van der Waals surface area (Å²) in [5, 5.41) is 3.02. The van der Waals surface area contributed by atoms with Gasteiger partial charge in [0.1, 0.15) is 17.7 Å². The summed E-state index contributed by atoms with van der Waals surface area (Å²) in [6.45, 7) is 4.45. The number of nitrogens with zero attached hydrogens (tertiary/aromatic N) is 1. The van der Waals surface area contributed by atoms with E-state index in [-0.39, 0.29) is 35.3 Å². The van der Waals surface area contributed by atoms with Crippen LogP contribution in [0, 0.1) is 11.6 Å². The van der Waals surface area contributed by atoms with Crippen molar-refractivity contribution >= 4 is 23.4 Å². The molecule has 0 spiro atoms. The SMILES string of the molecule is CCCCNC(=O)C(CC)N(Cc1ccc(F)cc1)C(=O)Cc1c(F)cccc1Cl. The van der Waals surface area contributed by atoms with E-state index in [1.54, 1.807) is 12.1 Å². The predicted molar refractivity (Wildman–Crippen MR) is 114 cm³/mol. The highest BCUT2D eigenvalue weighted by molar-refractivity contribution is 6.31. The predicted octanol–water partition coefficient (Wildman–Crippen LogP) is 4.88. The minimum Gasteiger partial charge on any atom is -0.354 e. The molecule has 0 heterocycles. The monoisotopic (exact) mass is 436 g/mol. The molecular formula is C23H27ClF2N2O2. The Bertz CT molecular complexity index is 839. The van der Waals surface area contributed by atoms with Gasteiger partial charge in [-0.2, -0.15) is 0 Å². The van der Waals surface area contributed by atoms with Crippen molar-refractivity contribution in [1.82, 2.24) is 10.2 Å². The minimum absolute atomic E-state index is 0.0921. The first-order chi connectivity index (χ1) is 14.4. The first-order valence-electron chi connectivity index (χ1n) is 10.1. The number of nitrogens with one attached hydrogen (secondary N) is 1. The zero-order valence-electron chi connectivity index (χ0n) is 17.3. The van der Waals surface area contributed by atoms with Crippen LogP contribution in [-0.2, 0) is 22.6 Å². The number of amides is 2. The molecule has 0 aromatic heterocycles. The molecular weight excluding hydrogens is 410 g/mol. The molecule has 2 rings (SSSR count). The molecule has 0 aliphatic rings. The van der Waals surface area contributed by atoms with Gasteiger partial charge in [-0.25, -0.2) is 8.78 Å². The van der Waals surface area contributed by atoms with Gasteiger partial charge >= 0.3 is 0 Å². The maximum absolute atomic E-state index is 14.2. The van der Waals surface area contributed by atoms with Crippen LogP contribution < -0.4 is 5.32 Å². The van der Waals surface area contributed by atoms with E-state index >= 15 is 0 Å². The van der Waals surface area contributed by atoms with E-state index in [1.807, 2.05) is 13.8 Å². The van der Waals surface area contributed by atoms with Crippen LogP contribution in [0.2, 0.25) is 5.02 Å². The summed E-state index contributed by atoms with van der Waals surface area (Å²) in [5.74, 6) is -1.65. The van der Waals surface area contributed by atoms with Gasteiger partial charge in [-0.1, -0.05) is 50.1 Å². The van der Waals surface area contributed by atoms with Gasteiger partial charge in [0.2, 0.25) is 11.8 Å². The normalized spacial score (nSPS) is 11.8. The van der Waals surface area contributed by atoms with Crippen molar-refractivity contribution in [3.63, 3.8) is 0 Å². The van der Waals surface area contributed by atoms with Gasteiger partial charge in [0.15, 0.2) is 0 Å². The lowest BCUT2D eigenvalue weighted by molar-refractivity contribution is -0.141. The lowest BCUT2D eigenvalue weighted by Gasteiger charge is -2.31. The van der Waals surface area contributed by atoms with Crippen molar-refractivity contribution in [3.05, 3.63) is 70.2 Å². The van der Waals surface area contributed by atoms with Gasteiger partial charge in [-0.3, -0.25) is 9.59 Å². The first-order valence-corrected chi connectivity index (χ1v) is 10.5. The quantitative estimate of drug-likeness (QED) is 0.539. The second-order valence-electron chi connectivity index (χ2n) is 7.09. The molecule has 7 heteroatoms. The van der Waals surface area contributed by atoms with Crippen LogP contribution in [0.3, 0.4) is 0 Å². The zero-order chi connectivity index (χ0) is 22.1. The minimum atomic E-state index is -0.732. The molecule has 0 saturated carbocycles. The second kappa shape index (κ2) is 11.6. The molecule has 0 bridgehead atoms.